The maximum absolute atomic E-state index is 12.2. The second-order valence-electron chi connectivity index (χ2n) is 6.17. The lowest BCUT2D eigenvalue weighted by molar-refractivity contribution is -0.137. The van der Waals surface area contributed by atoms with Crippen molar-refractivity contribution in [2.24, 2.45) is 23.2 Å². The van der Waals surface area contributed by atoms with E-state index in [2.05, 4.69) is 26.8 Å². The Balaban J connectivity index is 2.38. The van der Waals surface area contributed by atoms with Gasteiger partial charge in [-0.2, -0.15) is 0 Å². The van der Waals surface area contributed by atoms with Gasteiger partial charge in [-0.05, 0) is 42.6 Å². The van der Waals surface area contributed by atoms with Crippen LogP contribution in [0.1, 0.15) is 46.5 Å². The maximum Gasteiger partial charge on any atom is 0.145 e. The molecule has 3 unspecified atom stereocenters. The summed E-state index contributed by atoms with van der Waals surface area (Å²) in [6.07, 6.45) is 6.39. The minimum absolute atomic E-state index is 0.209. The van der Waals surface area contributed by atoms with Gasteiger partial charge in [0.2, 0.25) is 0 Å². The fourth-order valence-electron chi connectivity index (χ4n) is 3.60. The minimum atomic E-state index is -0.209. The van der Waals surface area contributed by atoms with E-state index in [-0.39, 0.29) is 11.3 Å². The number of aldehydes is 1. The molecule has 17 heavy (non-hydrogen) atoms. The van der Waals surface area contributed by atoms with E-state index in [1.54, 1.807) is 0 Å². The summed E-state index contributed by atoms with van der Waals surface area (Å²) >= 11 is 0. The lowest BCUT2D eigenvalue weighted by Gasteiger charge is -2.47. The SMILES string of the molecule is CC(C)C1CCC(=O)C2(C)CCC(C=O)=CC12. The van der Waals surface area contributed by atoms with Gasteiger partial charge in [-0.3, -0.25) is 9.59 Å². The molecule has 1 fully saturated rings. The van der Waals surface area contributed by atoms with E-state index in [4.69, 9.17) is 0 Å². The zero-order valence-electron chi connectivity index (χ0n) is 11.0. The third kappa shape index (κ3) is 1.98. The molecule has 2 aliphatic carbocycles. The monoisotopic (exact) mass is 234 g/mol. The molecular formula is C15H22O2. The molecule has 0 amide bonds. The molecule has 0 aromatic carbocycles. The highest BCUT2D eigenvalue weighted by Crippen LogP contribution is 2.51. The third-order valence-electron chi connectivity index (χ3n) is 4.87. The van der Waals surface area contributed by atoms with E-state index in [0.717, 1.165) is 37.5 Å². The summed E-state index contributed by atoms with van der Waals surface area (Å²) < 4.78 is 0. The van der Waals surface area contributed by atoms with E-state index in [0.29, 0.717) is 17.6 Å². The van der Waals surface area contributed by atoms with Crippen LogP contribution in [0.3, 0.4) is 0 Å². The van der Waals surface area contributed by atoms with Gasteiger partial charge in [0.1, 0.15) is 12.1 Å². The van der Waals surface area contributed by atoms with Crippen molar-refractivity contribution in [1.29, 1.82) is 0 Å². The number of Topliss-reactive ketones (excluding diaryl/α,β-unsaturated/α-hetero) is 1. The predicted octanol–water partition coefficient (Wildman–Crippen LogP) is 3.16. The zero-order chi connectivity index (χ0) is 12.6. The van der Waals surface area contributed by atoms with Crippen LogP contribution in [0.2, 0.25) is 0 Å². The van der Waals surface area contributed by atoms with Crippen molar-refractivity contribution in [3.05, 3.63) is 11.6 Å². The second-order valence-corrected chi connectivity index (χ2v) is 6.17. The van der Waals surface area contributed by atoms with Crippen LogP contribution in [0, 0.1) is 23.2 Å². The van der Waals surface area contributed by atoms with Gasteiger partial charge in [0, 0.05) is 11.8 Å². The van der Waals surface area contributed by atoms with Crippen molar-refractivity contribution in [3.8, 4) is 0 Å². The van der Waals surface area contributed by atoms with Crippen LogP contribution in [0.4, 0.5) is 0 Å². The standard InChI is InChI=1S/C15H22O2/c1-10(2)12-4-5-14(17)15(3)7-6-11(9-16)8-13(12)15/h8-10,12-13H,4-7H2,1-3H3. The molecule has 0 N–H and O–H groups in total. The molecule has 94 valence electrons. The highest BCUT2D eigenvalue weighted by molar-refractivity contribution is 5.87. The quantitative estimate of drug-likeness (QED) is 0.688. The van der Waals surface area contributed by atoms with Gasteiger partial charge >= 0.3 is 0 Å². The third-order valence-corrected chi connectivity index (χ3v) is 4.87. The first-order valence-corrected chi connectivity index (χ1v) is 6.68. The fraction of sp³-hybridized carbons (Fsp3) is 0.733. The summed E-state index contributed by atoms with van der Waals surface area (Å²) in [6.45, 7) is 6.56. The number of carbonyl (C=O) groups excluding carboxylic acids is 2. The Morgan fingerprint density at radius 3 is 2.71 bits per heavy atom. The van der Waals surface area contributed by atoms with Gasteiger partial charge in [-0.1, -0.05) is 26.8 Å². The molecule has 0 spiro atoms. The zero-order valence-corrected chi connectivity index (χ0v) is 11.0. The summed E-state index contributed by atoms with van der Waals surface area (Å²) in [5.74, 6) is 1.81. The van der Waals surface area contributed by atoms with Crippen molar-refractivity contribution in [2.75, 3.05) is 0 Å². The average molecular weight is 234 g/mol. The second kappa shape index (κ2) is 4.40. The van der Waals surface area contributed by atoms with Crippen LogP contribution in [0.15, 0.2) is 11.6 Å². The molecule has 0 aromatic heterocycles. The van der Waals surface area contributed by atoms with Crippen LogP contribution in [-0.4, -0.2) is 12.1 Å². The molecule has 0 saturated heterocycles. The normalized spacial score (nSPS) is 37.6. The van der Waals surface area contributed by atoms with Gasteiger partial charge in [0.25, 0.3) is 0 Å². The molecular weight excluding hydrogens is 212 g/mol. The first-order chi connectivity index (χ1) is 7.99. The number of carbonyl (C=O) groups is 2. The molecule has 0 heterocycles. The van der Waals surface area contributed by atoms with Crippen LogP contribution in [-0.2, 0) is 9.59 Å². The van der Waals surface area contributed by atoms with Crippen molar-refractivity contribution in [2.45, 2.75) is 46.5 Å². The molecule has 2 heteroatoms. The van der Waals surface area contributed by atoms with Gasteiger partial charge in [0.15, 0.2) is 0 Å². The van der Waals surface area contributed by atoms with Gasteiger partial charge in [0.05, 0.1) is 0 Å². The molecule has 0 aliphatic heterocycles. The number of rotatable bonds is 2. The Morgan fingerprint density at radius 1 is 1.41 bits per heavy atom. The lowest BCUT2D eigenvalue weighted by Crippen LogP contribution is -2.46. The van der Waals surface area contributed by atoms with E-state index < -0.39 is 0 Å². The summed E-state index contributed by atoms with van der Waals surface area (Å²) in [4.78, 5) is 23.1. The Hall–Kier alpha value is -0.920. The number of hydrogen-bond donors (Lipinski definition) is 0. The van der Waals surface area contributed by atoms with Crippen LogP contribution in [0.25, 0.3) is 0 Å². The van der Waals surface area contributed by atoms with Gasteiger partial charge in [-0.25, -0.2) is 0 Å². The Labute approximate surface area is 103 Å². The smallest absolute Gasteiger partial charge is 0.145 e. The lowest BCUT2D eigenvalue weighted by atomic mass is 9.55. The summed E-state index contributed by atoms with van der Waals surface area (Å²) in [5, 5.41) is 0. The maximum atomic E-state index is 12.2. The highest BCUT2D eigenvalue weighted by Gasteiger charge is 2.48. The number of hydrogen-bond acceptors (Lipinski definition) is 2. The molecule has 0 radical (unpaired) electrons. The first-order valence-electron chi connectivity index (χ1n) is 6.68. The number of fused-ring (bicyclic) bond motifs is 1. The number of allylic oxidation sites excluding steroid dienone is 2. The van der Waals surface area contributed by atoms with E-state index in [1.165, 1.54) is 0 Å². The van der Waals surface area contributed by atoms with Gasteiger partial charge < -0.3 is 0 Å². The topological polar surface area (TPSA) is 34.1 Å². The average Bonchev–Trinajstić information content (AvgIpc) is 2.30. The van der Waals surface area contributed by atoms with Crippen molar-refractivity contribution in [1.82, 2.24) is 0 Å². The van der Waals surface area contributed by atoms with Crippen molar-refractivity contribution >= 4 is 12.1 Å². The van der Waals surface area contributed by atoms with Crippen molar-refractivity contribution in [3.63, 3.8) is 0 Å². The fourth-order valence-corrected chi connectivity index (χ4v) is 3.60. The molecule has 2 aliphatic rings. The van der Waals surface area contributed by atoms with E-state index in [1.807, 2.05) is 0 Å². The van der Waals surface area contributed by atoms with Gasteiger partial charge in [-0.15, -0.1) is 0 Å². The van der Waals surface area contributed by atoms with Crippen LogP contribution >= 0.6 is 0 Å². The predicted molar refractivity (Wildman–Crippen MR) is 67.5 cm³/mol. The van der Waals surface area contributed by atoms with E-state index >= 15 is 0 Å². The molecule has 2 nitrogen and oxygen atoms in total. The number of ketones is 1. The summed E-state index contributed by atoms with van der Waals surface area (Å²) in [6, 6.07) is 0. The molecule has 0 bridgehead atoms. The summed E-state index contributed by atoms with van der Waals surface area (Å²) in [7, 11) is 0. The molecule has 0 aromatic rings. The first kappa shape index (κ1) is 12.5. The molecule has 1 saturated carbocycles. The van der Waals surface area contributed by atoms with E-state index in [9.17, 15) is 9.59 Å². The Morgan fingerprint density at radius 2 is 2.12 bits per heavy atom. The van der Waals surface area contributed by atoms with Crippen molar-refractivity contribution < 1.29 is 9.59 Å². The largest absolute Gasteiger partial charge is 0.299 e. The molecule has 3 atom stereocenters. The van der Waals surface area contributed by atoms with Crippen LogP contribution < -0.4 is 0 Å². The highest BCUT2D eigenvalue weighted by atomic mass is 16.1. The summed E-state index contributed by atoms with van der Waals surface area (Å²) in [5.41, 5.74) is 0.688. The Bertz CT molecular complexity index is 367. The Kier molecular flexibility index (Phi) is 3.24. The van der Waals surface area contributed by atoms with Crippen LogP contribution in [0.5, 0.6) is 0 Å². The minimum Gasteiger partial charge on any atom is -0.299 e. The molecule has 2 rings (SSSR count).